The van der Waals surface area contributed by atoms with E-state index in [1.807, 2.05) is 49.5 Å². The van der Waals surface area contributed by atoms with Crippen molar-refractivity contribution in [3.05, 3.63) is 59.3 Å². The normalized spacial score (nSPS) is 14.1. The van der Waals surface area contributed by atoms with Crippen LogP contribution in [0.25, 0.3) is 0 Å². The number of anilines is 1. The molecule has 2 aromatic rings. The van der Waals surface area contributed by atoms with Crippen LogP contribution < -0.4 is 10.2 Å². The number of hydrogen-bond donors (Lipinski definition) is 1. The molecule has 0 saturated carbocycles. The van der Waals surface area contributed by atoms with Gasteiger partial charge in [0.15, 0.2) is 0 Å². The van der Waals surface area contributed by atoms with Crippen LogP contribution in [0.1, 0.15) is 34.3 Å². The molecule has 1 saturated heterocycles. The van der Waals surface area contributed by atoms with Crippen LogP contribution in [0.2, 0.25) is 0 Å². The van der Waals surface area contributed by atoms with Gasteiger partial charge in [-0.1, -0.05) is 23.8 Å². The molecule has 4 heteroatoms. The first-order valence-corrected chi connectivity index (χ1v) is 7.77. The van der Waals surface area contributed by atoms with Gasteiger partial charge in [0.1, 0.15) is 5.82 Å². The van der Waals surface area contributed by atoms with E-state index >= 15 is 0 Å². The molecule has 1 aromatic carbocycles. The van der Waals surface area contributed by atoms with Crippen molar-refractivity contribution in [2.24, 2.45) is 0 Å². The zero-order valence-corrected chi connectivity index (χ0v) is 12.9. The number of pyridine rings is 1. The summed E-state index contributed by atoms with van der Waals surface area (Å²) in [6, 6.07) is 11.7. The summed E-state index contributed by atoms with van der Waals surface area (Å²) in [6.07, 6.45) is 4.34. The van der Waals surface area contributed by atoms with E-state index in [0.717, 1.165) is 30.0 Å². The molecule has 22 heavy (non-hydrogen) atoms. The van der Waals surface area contributed by atoms with Crippen molar-refractivity contribution >= 4 is 11.7 Å². The fourth-order valence-corrected chi connectivity index (χ4v) is 2.64. The first kappa shape index (κ1) is 14.6. The first-order chi connectivity index (χ1) is 10.7. The van der Waals surface area contributed by atoms with Crippen molar-refractivity contribution in [3.8, 4) is 0 Å². The molecule has 1 amide bonds. The fraction of sp³-hybridized carbons (Fsp3) is 0.333. The van der Waals surface area contributed by atoms with Crippen molar-refractivity contribution in [1.82, 2.24) is 10.3 Å². The molecule has 1 N–H and O–H groups in total. The molecule has 1 aliphatic rings. The summed E-state index contributed by atoms with van der Waals surface area (Å²) in [5.74, 6) is 0.981. The number of amides is 1. The number of benzene rings is 1. The van der Waals surface area contributed by atoms with Gasteiger partial charge in [-0.15, -0.1) is 0 Å². The van der Waals surface area contributed by atoms with E-state index in [2.05, 4.69) is 15.2 Å². The highest BCUT2D eigenvalue weighted by atomic mass is 16.1. The number of nitrogens with one attached hydrogen (secondary N) is 1. The van der Waals surface area contributed by atoms with Gasteiger partial charge in [0, 0.05) is 31.4 Å². The highest BCUT2D eigenvalue weighted by Crippen LogP contribution is 2.17. The van der Waals surface area contributed by atoms with E-state index in [9.17, 15) is 4.79 Å². The molecule has 0 unspecified atom stereocenters. The van der Waals surface area contributed by atoms with Gasteiger partial charge in [0.05, 0.1) is 0 Å². The zero-order valence-electron chi connectivity index (χ0n) is 12.9. The van der Waals surface area contributed by atoms with Gasteiger partial charge in [-0.2, -0.15) is 0 Å². The van der Waals surface area contributed by atoms with Crippen LogP contribution in [0, 0.1) is 6.92 Å². The van der Waals surface area contributed by atoms with E-state index < -0.39 is 0 Å². The minimum atomic E-state index is -0.0522. The molecule has 0 spiro atoms. The molecule has 1 fully saturated rings. The highest BCUT2D eigenvalue weighted by molar-refractivity contribution is 5.94. The number of carbonyl (C=O) groups excluding carboxylic acids is 1. The Labute approximate surface area is 131 Å². The van der Waals surface area contributed by atoms with E-state index in [4.69, 9.17) is 0 Å². The number of nitrogens with zero attached hydrogens (tertiary/aromatic N) is 2. The second kappa shape index (κ2) is 6.60. The van der Waals surface area contributed by atoms with E-state index in [1.165, 1.54) is 12.8 Å². The maximum Gasteiger partial charge on any atom is 0.251 e. The van der Waals surface area contributed by atoms with Crippen LogP contribution in [-0.4, -0.2) is 24.0 Å². The standard InChI is InChI=1S/C18H21N3O/c1-14-4-7-16(8-5-14)18(22)20-13-15-6-9-17(19-12-15)21-10-2-3-11-21/h4-9,12H,2-3,10-11,13H2,1H3,(H,20,22). The highest BCUT2D eigenvalue weighted by Gasteiger charge is 2.13. The molecule has 3 rings (SSSR count). The Morgan fingerprint density at radius 1 is 1.14 bits per heavy atom. The lowest BCUT2D eigenvalue weighted by Gasteiger charge is -2.16. The van der Waals surface area contributed by atoms with Crippen LogP contribution in [-0.2, 0) is 6.54 Å². The third-order valence-electron chi connectivity index (χ3n) is 4.01. The molecular weight excluding hydrogens is 274 g/mol. The number of carbonyl (C=O) groups is 1. The summed E-state index contributed by atoms with van der Waals surface area (Å²) in [7, 11) is 0. The van der Waals surface area contributed by atoms with Crippen LogP contribution in [0.4, 0.5) is 5.82 Å². The molecule has 1 aromatic heterocycles. The van der Waals surface area contributed by atoms with Gasteiger partial charge < -0.3 is 10.2 Å². The first-order valence-electron chi connectivity index (χ1n) is 7.77. The Morgan fingerprint density at radius 2 is 1.86 bits per heavy atom. The van der Waals surface area contributed by atoms with Gasteiger partial charge in [0.25, 0.3) is 5.91 Å². The molecule has 114 valence electrons. The van der Waals surface area contributed by atoms with Gasteiger partial charge >= 0.3 is 0 Å². The Balaban J connectivity index is 1.56. The monoisotopic (exact) mass is 295 g/mol. The summed E-state index contributed by atoms with van der Waals surface area (Å²) in [5, 5.41) is 2.93. The molecule has 2 heterocycles. The van der Waals surface area contributed by atoms with E-state index in [1.54, 1.807) is 0 Å². The van der Waals surface area contributed by atoms with Crippen molar-refractivity contribution in [1.29, 1.82) is 0 Å². The van der Waals surface area contributed by atoms with E-state index in [0.29, 0.717) is 12.1 Å². The molecule has 0 atom stereocenters. The summed E-state index contributed by atoms with van der Waals surface area (Å²) >= 11 is 0. The minimum absolute atomic E-state index is 0.0522. The Morgan fingerprint density at radius 3 is 2.50 bits per heavy atom. The molecule has 0 aliphatic carbocycles. The number of rotatable bonds is 4. The van der Waals surface area contributed by atoms with Crippen molar-refractivity contribution in [2.75, 3.05) is 18.0 Å². The van der Waals surface area contributed by atoms with Crippen LogP contribution in [0.15, 0.2) is 42.6 Å². The largest absolute Gasteiger partial charge is 0.357 e. The minimum Gasteiger partial charge on any atom is -0.357 e. The molecule has 4 nitrogen and oxygen atoms in total. The third-order valence-corrected chi connectivity index (χ3v) is 4.01. The average Bonchev–Trinajstić information content (AvgIpc) is 3.08. The quantitative estimate of drug-likeness (QED) is 0.943. The number of aryl methyl sites for hydroxylation is 1. The molecular formula is C18H21N3O. The Hall–Kier alpha value is -2.36. The topological polar surface area (TPSA) is 45.2 Å². The smallest absolute Gasteiger partial charge is 0.251 e. The number of hydrogen-bond acceptors (Lipinski definition) is 3. The molecule has 0 bridgehead atoms. The predicted octanol–water partition coefficient (Wildman–Crippen LogP) is 2.92. The molecule has 0 radical (unpaired) electrons. The summed E-state index contributed by atoms with van der Waals surface area (Å²) in [5.41, 5.74) is 2.86. The SMILES string of the molecule is Cc1ccc(C(=O)NCc2ccc(N3CCCC3)nc2)cc1. The lowest BCUT2D eigenvalue weighted by molar-refractivity contribution is 0.0951. The fourth-order valence-electron chi connectivity index (χ4n) is 2.64. The van der Waals surface area contributed by atoms with Gasteiger partial charge in [-0.3, -0.25) is 4.79 Å². The average molecular weight is 295 g/mol. The van der Waals surface area contributed by atoms with Crippen LogP contribution in [0.5, 0.6) is 0 Å². The van der Waals surface area contributed by atoms with Crippen LogP contribution in [0.3, 0.4) is 0 Å². The maximum atomic E-state index is 12.1. The maximum absolute atomic E-state index is 12.1. The second-order valence-corrected chi connectivity index (χ2v) is 5.77. The van der Waals surface area contributed by atoms with Crippen molar-refractivity contribution < 1.29 is 4.79 Å². The van der Waals surface area contributed by atoms with E-state index in [-0.39, 0.29) is 5.91 Å². The summed E-state index contributed by atoms with van der Waals surface area (Å²) in [6.45, 7) is 4.70. The summed E-state index contributed by atoms with van der Waals surface area (Å²) < 4.78 is 0. The van der Waals surface area contributed by atoms with Crippen LogP contribution >= 0.6 is 0 Å². The lowest BCUT2D eigenvalue weighted by Crippen LogP contribution is -2.23. The molecule has 1 aliphatic heterocycles. The summed E-state index contributed by atoms with van der Waals surface area (Å²) in [4.78, 5) is 18.9. The Kier molecular flexibility index (Phi) is 4.37. The second-order valence-electron chi connectivity index (χ2n) is 5.77. The Bertz CT molecular complexity index is 628. The van der Waals surface area contributed by atoms with Crippen molar-refractivity contribution in [3.63, 3.8) is 0 Å². The van der Waals surface area contributed by atoms with Crippen molar-refractivity contribution in [2.45, 2.75) is 26.3 Å². The lowest BCUT2D eigenvalue weighted by atomic mass is 10.1. The van der Waals surface area contributed by atoms with Gasteiger partial charge in [-0.25, -0.2) is 4.98 Å². The third kappa shape index (κ3) is 3.45. The predicted molar refractivity (Wildman–Crippen MR) is 88.0 cm³/mol. The van der Waals surface area contributed by atoms with Gasteiger partial charge in [-0.05, 0) is 43.5 Å². The van der Waals surface area contributed by atoms with Gasteiger partial charge in [0.2, 0.25) is 0 Å². The zero-order chi connectivity index (χ0) is 15.4. The number of aromatic nitrogens is 1.